The molecule has 132 valence electrons. The predicted molar refractivity (Wildman–Crippen MR) is 93.2 cm³/mol. The molecule has 0 saturated carbocycles. The molecule has 25 heavy (non-hydrogen) atoms. The van der Waals surface area contributed by atoms with Crippen LogP contribution in [-0.4, -0.2) is 28.8 Å². The van der Waals surface area contributed by atoms with E-state index in [1.54, 1.807) is 23.0 Å². The number of aromatic nitrogens is 2. The number of rotatable bonds is 5. The lowest BCUT2D eigenvalue weighted by atomic mass is 9.87. The summed E-state index contributed by atoms with van der Waals surface area (Å²) in [4.78, 5) is 24.1. The van der Waals surface area contributed by atoms with E-state index in [9.17, 15) is 9.59 Å². The predicted octanol–water partition coefficient (Wildman–Crippen LogP) is 2.45. The summed E-state index contributed by atoms with van der Waals surface area (Å²) in [5.41, 5.74) is 2.80. The van der Waals surface area contributed by atoms with Crippen molar-refractivity contribution in [3.05, 3.63) is 52.3 Å². The van der Waals surface area contributed by atoms with Gasteiger partial charge in [-0.1, -0.05) is 23.7 Å². The van der Waals surface area contributed by atoms with Gasteiger partial charge < -0.3 is 10.1 Å². The number of amides is 1. The molecule has 0 fully saturated rings. The molecule has 1 atom stereocenters. The highest BCUT2D eigenvalue weighted by Gasteiger charge is 2.30. The van der Waals surface area contributed by atoms with E-state index in [1.165, 1.54) is 7.11 Å². The van der Waals surface area contributed by atoms with Gasteiger partial charge in [-0.15, -0.1) is 0 Å². The van der Waals surface area contributed by atoms with Crippen molar-refractivity contribution in [1.29, 1.82) is 0 Å². The number of methoxy groups -OCH3 is 1. The normalized spacial score (nSPS) is 16.2. The summed E-state index contributed by atoms with van der Waals surface area (Å²) in [5, 5.41) is 7.84. The maximum Gasteiger partial charge on any atom is 0.313 e. The highest BCUT2D eigenvalue weighted by Crippen LogP contribution is 2.32. The van der Waals surface area contributed by atoms with Gasteiger partial charge in [0.05, 0.1) is 19.2 Å². The number of ether oxygens (including phenoxy) is 1. The van der Waals surface area contributed by atoms with Gasteiger partial charge in [0.15, 0.2) is 0 Å². The van der Waals surface area contributed by atoms with Crippen LogP contribution in [0.15, 0.2) is 30.5 Å². The lowest BCUT2D eigenvalue weighted by molar-refractivity contribution is -0.142. The monoisotopic (exact) mass is 361 g/mol. The van der Waals surface area contributed by atoms with E-state index in [0.717, 1.165) is 36.1 Å². The molecule has 0 radical (unpaired) electrons. The van der Waals surface area contributed by atoms with Crippen LogP contribution in [0.2, 0.25) is 5.02 Å². The fraction of sp³-hybridized carbons (Fsp3) is 0.389. The summed E-state index contributed by atoms with van der Waals surface area (Å²) in [6.07, 6.45) is 4.13. The van der Waals surface area contributed by atoms with E-state index in [0.29, 0.717) is 11.6 Å². The molecule has 1 amide bonds. The molecule has 0 unspecified atom stereocenters. The molecular formula is C18H20ClN3O3. The molecule has 0 aliphatic heterocycles. The van der Waals surface area contributed by atoms with Gasteiger partial charge in [0.25, 0.3) is 0 Å². The molecule has 2 aromatic rings. The van der Waals surface area contributed by atoms with Gasteiger partial charge in [-0.05, 0) is 37.0 Å². The van der Waals surface area contributed by atoms with Gasteiger partial charge in [0.2, 0.25) is 5.91 Å². The Labute approximate surface area is 151 Å². The summed E-state index contributed by atoms with van der Waals surface area (Å²) in [6.45, 7) is 0.570. The number of hydrogen-bond acceptors (Lipinski definition) is 4. The van der Waals surface area contributed by atoms with Crippen LogP contribution in [0.25, 0.3) is 0 Å². The van der Waals surface area contributed by atoms with Crippen molar-refractivity contribution in [3.8, 4) is 0 Å². The number of carbonyl (C=O) groups is 2. The highest BCUT2D eigenvalue weighted by atomic mass is 35.5. The van der Waals surface area contributed by atoms with Gasteiger partial charge >= 0.3 is 5.97 Å². The van der Waals surface area contributed by atoms with Crippen molar-refractivity contribution in [2.45, 2.75) is 38.3 Å². The fourth-order valence-corrected chi connectivity index (χ4v) is 3.26. The maximum absolute atomic E-state index is 12.2. The third-order valence-corrected chi connectivity index (χ3v) is 4.70. The molecule has 7 heteroatoms. The largest absolute Gasteiger partial charge is 0.469 e. The van der Waals surface area contributed by atoms with Gasteiger partial charge in [-0.25, -0.2) is 0 Å². The number of benzene rings is 1. The fourth-order valence-electron chi connectivity index (χ4n) is 3.14. The van der Waals surface area contributed by atoms with Crippen molar-refractivity contribution >= 4 is 23.5 Å². The smallest absolute Gasteiger partial charge is 0.313 e. The number of nitrogens with zero attached hydrogens (tertiary/aromatic N) is 2. The van der Waals surface area contributed by atoms with Gasteiger partial charge in [0.1, 0.15) is 6.54 Å². The molecule has 1 aliphatic carbocycles. The molecule has 1 heterocycles. The van der Waals surface area contributed by atoms with E-state index in [4.69, 9.17) is 16.3 Å². The van der Waals surface area contributed by atoms with E-state index in [-0.39, 0.29) is 24.3 Å². The topological polar surface area (TPSA) is 73.2 Å². The van der Waals surface area contributed by atoms with Crippen molar-refractivity contribution < 1.29 is 14.3 Å². The second-order valence-electron chi connectivity index (χ2n) is 6.08. The molecule has 1 aromatic heterocycles. The minimum atomic E-state index is -0.278. The zero-order valence-electron chi connectivity index (χ0n) is 14.0. The molecule has 0 saturated heterocycles. The summed E-state index contributed by atoms with van der Waals surface area (Å²) in [7, 11) is 1.39. The molecule has 1 aromatic carbocycles. The standard InChI is InChI=1S/C18H20ClN3O3/c1-25-18(24)14-3-2-4-16-15(14)10-21-22(16)11-17(23)20-9-12-5-7-13(19)8-6-12/h5-8,10,14H,2-4,9,11H2,1H3,(H,20,23)/t14-/m0/s1. The quantitative estimate of drug-likeness (QED) is 0.830. The zero-order chi connectivity index (χ0) is 17.8. The second kappa shape index (κ2) is 7.70. The minimum absolute atomic E-state index is 0.124. The van der Waals surface area contributed by atoms with Crippen molar-refractivity contribution in [2.24, 2.45) is 0 Å². The van der Waals surface area contributed by atoms with Gasteiger partial charge in [0, 0.05) is 22.8 Å². The van der Waals surface area contributed by atoms with E-state index < -0.39 is 0 Å². The lowest BCUT2D eigenvalue weighted by Crippen LogP contribution is -2.29. The van der Waals surface area contributed by atoms with Crippen LogP contribution < -0.4 is 5.32 Å². The average molecular weight is 362 g/mol. The van der Waals surface area contributed by atoms with Crippen LogP contribution in [0, 0.1) is 0 Å². The molecule has 1 N–H and O–H groups in total. The number of halogens is 1. The summed E-state index contributed by atoms with van der Waals surface area (Å²) >= 11 is 5.85. The Kier molecular flexibility index (Phi) is 5.38. The first-order valence-electron chi connectivity index (χ1n) is 8.22. The molecule has 1 aliphatic rings. The third-order valence-electron chi connectivity index (χ3n) is 4.44. The van der Waals surface area contributed by atoms with Crippen LogP contribution in [-0.2, 0) is 33.8 Å². The summed E-state index contributed by atoms with van der Waals surface area (Å²) < 4.78 is 6.55. The maximum atomic E-state index is 12.2. The van der Waals surface area contributed by atoms with Crippen molar-refractivity contribution in [2.75, 3.05) is 7.11 Å². The summed E-state index contributed by atoms with van der Waals surface area (Å²) in [5.74, 6) is -0.645. The first-order chi connectivity index (χ1) is 12.1. The van der Waals surface area contributed by atoms with Crippen LogP contribution >= 0.6 is 11.6 Å². The number of fused-ring (bicyclic) bond motifs is 1. The Bertz CT molecular complexity index is 770. The van der Waals surface area contributed by atoms with Crippen molar-refractivity contribution in [3.63, 3.8) is 0 Å². The van der Waals surface area contributed by atoms with E-state index >= 15 is 0 Å². The summed E-state index contributed by atoms with van der Waals surface area (Å²) in [6, 6.07) is 7.33. The minimum Gasteiger partial charge on any atom is -0.469 e. The average Bonchev–Trinajstić information content (AvgIpc) is 3.03. The van der Waals surface area contributed by atoms with Crippen molar-refractivity contribution in [1.82, 2.24) is 15.1 Å². The van der Waals surface area contributed by atoms with Gasteiger partial charge in [-0.3, -0.25) is 14.3 Å². The Balaban J connectivity index is 1.63. The molecular weight excluding hydrogens is 342 g/mol. The van der Waals surface area contributed by atoms with E-state index in [2.05, 4.69) is 10.4 Å². The Morgan fingerprint density at radius 1 is 1.36 bits per heavy atom. The number of carbonyl (C=O) groups excluding carboxylic acids is 2. The molecule has 0 bridgehead atoms. The number of hydrogen-bond donors (Lipinski definition) is 1. The van der Waals surface area contributed by atoms with Crippen LogP contribution in [0.1, 0.15) is 35.6 Å². The molecule has 0 spiro atoms. The first kappa shape index (κ1) is 17.5. The van der Waals surface area contributed by atoms with E-state index in [1.807, 2.05) is 12.1 Å². The zero-order valence-corrected chi connectivity index (χ0v) is 14.8. The molecule has 3 rings (SSSR count). The van der Waals surface area contributed by atoms with Crippen LogP contribution in [0.5, 0.6) is 0 Å². The highest BCUT2D eigenvalue weighted by molar-refractivity contribution is 6.30. The van der Waals surface area contributed by atoms with Gasteiger partial charge in [-0.2, -0.15) is 5.10 Å². The second-order valence-corrected chi connectivity index (χ2v) is 6.51. The first-order valence-corrected chi connectivity index (χ1v) is 8.60. The van der Waals surface area contributed by atoms with Crippen LogP contribution in [0.4, 0.5) is 0 Å². The molecule has 6 nitrogen and oxygen atoms in total. The lowest BCUT2D eigenvalue weighted by Gasteiger charge is -2.21. The SMILES string of the molecule is COC(=O)[C@H]1CCCc2c1cnn2CC(=O)NCc1ccc(Cl)cc1. The number of esters is 1. The number of nitrogens with one attached hydrogen (secondary N) is 1. The Hall–Kier alpha value is -2.34. The third kappa shape index (κ3) is 4.02. The van der Waals surface area contributed by atoms with Crippen LogP contribution in [0.3, 0.4) is 0 Å². The Morgan fingerprint density at radius 3 is 2.84 bits per heavy atom. The Morgan fingerprint density at radius 2 is 2.12 bits per heavy atom.